The molecule has 0 atom stereocenters. The molecule has 0 N–H and O–H groups in total. The van der Waals surface area contributed by atoms with Crippen LogP contribution in [0.2, 0.25) is 0 Å². The zero-order valence-electron chi connectivity index (χ0n) is 7.99. The third-order valence-electron chi connectivity index (χ3n) is 1.70. The Hall–Kier alpha value is -0.690. The zero-order valence-corrected chi connectivity index (χ0v) is 8.81. The van der Waals surface area contributed by atoms with Gasteiger partial charge in [0.25, 0.3) is 0 Å². The molecule has 0 amide bonds. The molecule has 0 unspecified atom stereocenters. The molecule has 0 aliphatic carbocycles. The summed E-state index contributed by atoms with van der Waals surface area (Å²) in [6.45, 7) is 2.20. The van der Waals surface area contributed by atoms with Gasteiger partial charge in [0.1, 0.15) is 0 Å². The standard InChI is InChI=1S/C12H15S/c1-2-3-4-8-11-13-12-9-6-5-7-10-12/h5-7,9-11H,2-4H2,1H3. The number of unbranched alkanes of at least 4 members (excludes halogenated alkanes) is 2. The lowest BCUT2D eigenvalue weighted by atomic mass is 10.2. The van der Waals surface area contributed by atoms with E-state index in [9.17, 15) is 0 Å². The van der Waals surface area contributed by atoms with E-state index in [-0.39, 0.29) is 0 Å². The van der Waals surface area contributed by atoms with Gasteiger partial charge in [-0.15, -0.1) is 0 Å². The predicted octanol–water partition coefficient (Wildman–Crippen LogP) is 4.29. The Kier molecular flexibility index (Phi) is 5.42. The first kappa shape index (κ1) is 10.4. The summed E-state index contributed by atoms with van der Waals surface area (Å²) in [5.41, 5.74) is 0. The van der Waals surface area contributed by atoms with Crippen molar-refractivity contribution < 1.29 is 0 Å². The van der Waals surface area contributed by atoms with Gasteiger partial charge in [0.15, 0.2) is 0 Å². The van der Waals surface area contributed by atoms with Crippen molar-refractivity contribution in [3.05, 3.63) is 41.8 Å². The highest BCUT2D eigenvalue weighted by molar-refractivity contribution is 8.02. The molecular weight excluding hydrogens is 176 g/mol. The average molecular weight is 191 g/mol. The molecule has 0 aliphatic heterocycles. The Morgan fingerprint density at radius 3 is 2.77 bits per heavy atom. The normalized spacial score (nSPS) is 10.8. The van der Waals surface area contributed by atoms with Crippen LogP contribution >= 0.6 is 11.8 Å². The SMILES string of the molecule is CCCC[C]=CSc1ccccc1. The van der Waals surface area contributed by atoms with E-state index in [1.807, 2.05) is 6.07 Å². The van der Waals surface area contributed by atoms with E-state index in [0.29, 0.717) is 0 Å². The third kappa shape index (κ3) is 4.79. The van der Waals surface area contributed by atoms with E-state index < -0.39 is 0 Å². The summed E-state index contributed by atoms with van der Waals surface area (Å²) in [4.78, 5) is 1.28. The minimum absolute atomic E-state index is 1.08. The van der Waals surface area contributed by atoms with E-state index in [4.69, 9.17) is 0 Å². The first-order chi connectivity index (χ1) is 6.43. The monoisotopic (exact) mass is 191 g/mol. The van der Waals surface area contributed by atoms with Crippen LogP contribution in [-0.4, -0.2) is 0 Å². The van der Waals surface area contributed by atoms with Crippen LogP contribution in [0.15, 0.2) is 40.6 Å². The number of hydrogen-bond donors (Lipinski definition) is 0. The molecule has 69 valence electrons. The van der Waals surface area contributed by atoms with Crippen molar-refractivity contribution in [1.82, 2.24) is 0 Å². The minimum atomic E-state index is 1.08. The van der Waals surface area contributed by atoms with Gasteiger partial charge < -0.3 is 0 Å². The average Bonchev–Trinajstić information content (AvgIpc) is 2.19. The van der Waals surface area contributed by atoms with Crippen LogP contribution in [0, 0.1) is 6.08 Å². The highest BCUT2D eigenvalue weighted by Gasteiger charge is 1.86. The molecule has 0 saturated carbocycles. The summed E-state index contributed by atoms with van der Waals surface area (Å²) in [7, 11) is 0. The highest BCUT2D eigenvalue weighted by Crippen LogP contribution is 2.17. The second kappa shape index (κ2) is 6.79. The molecule has 1 aromatic rings. The molecule has 0 spiro atoms. The van der Waals surface area contributed by atoms with Gasteiger partial charge in [0.05, 0.1) is 0 Å². The summed E-state index contributed by atoms with van der Waals surface area (Å²) in [5, 5.41) is 2.06. The van der Waals surface area contributed by atoms with Crippen LogP contribution in [0.25, 0.3) is 0 Å². The number of hydrogen-bond acceptors (Lipinski definition) is 1. The maximum atomic E-state index is 3.27. The fraction of sp³-hybridized carbons (Fsp3) is 0.333. The van der Waals surface area contributed by atoms with Crippen LogP contribution in [0.5, 0.6) is 0 Å². The fourth-order valence-electron chi connectivity index (χ4n) is 0.947. The molecular formula is C12H15S. The number of rotatable bonds is 5. The van der Waals surface area contributed by atoms with Gasteiger partial charge in [0.2, 0.25) is 0 Å². The Morgan fingerprint density at radius 1 is 1.31 bits per heavy atom. The predicted molar refractivity (Wildman–Crippen MR) is 59.6 cm³/mol. The fourth-order valence-corrected chi connectivity index (χ4v) is 1.60. The highest BCUT2D eigenvalue weighted by atomic mass is 32.2. The zero-order chi connectivity index (χ0) is 9.36. The lowest BCUT2D eigenvalue weighted by molar-refractivity contribution is 0.805. The maximum Gasteiger partial charge on any atom is 0.0116 e. The lowest BCUT2D eigenvalue weighted by Crippen LogP contribution is -1.67. The van der Waals surface area contributed by atoms with E-state index in [1.54, 1.807) is 11.8 Å². The van der Waals surface area contributed by atoms with E-state index in [2.05, 4.69) is 42.7 Å². The lowest BCUT2D eigenvalue weighted by Gasteiger charge is -1.93. The number of benzene rings is 1. The molecule has 0 heterocycles. The van der Waals surface area contributed by atoms with Crippen molar-refractivity contribution in [3.63, 3.8) is 0 Å². The van der Waals surface area contributed by atoms with Crippen molar-refractivity contribution in [3.8, 4) is 0 Å². The molecule has 1 aromatic carbocycles. The van der Waals surface area contributed by atoms with Gasteiger partial charge in [-0.25, -0.2) is 0 Å². The summed E-state index contributed by atoms with van der Waals surface area (Å²) in [6.07, 6.45) is 6.84. The number of thioether (sulfide) groups is 1. The van der Waals surface area contributed by atoms with Gasteiger partial charge in [0, 0.05) is 4.90 Å². The summed E-state index contributed by atoms with van der Waals surface area (Å²) >= 11 is 1.73. The summed E-state index contributed by atoms with van der Waals surface area (Å²) in [6, 6.07) is 10.4. The van der Waals surface area contributed by atoms with E-state index in [1.165, 1.54) is 17.7 Å². The van der Waals surface area contributed by atoms with E-state index in [0.717, 1.165) is 6.42 Å². The van der Waals surface area contributed by atoms with E-state index >= 15 is 0 Å². The Morgan fingerprint density at radius 2 is 2.08 bits per heavy atom. The third-order valence-corrected chi connectivity index (χ3v) is 2.53. The van der Waals surface area contributed by atoms with Crippen molar-refractivity contribution in [1.29, 1.82) is 0 Å². The first-order valence-corrected chi connectivity index (χ1v) is 5.58. The molecule has 1 rings (SSSR count). The second-order valence-electron chi connectivity index (χ2n) is 2.86. The topological polar surface area (TPSA) is 0 Å². The molecule has 0 bridgehead atoms. The Balaban J connectivity index is 2.23. The molecule has 0 aliphatic rings. The molecule has 1 heteroatoms. The van der Waals surface area contributed by atoms with Gasteiger partial charge >= 0.3 is 0 Å². The molecule has 0 saturated heterocycles. The molecule has 0 aromatic heterocycles. The summed E-state index contributed by atoms with van der Waals surface area (Å²) in [5.74, 6) is 0. The molecule has 0 nitrogen and oxygen atoms in total. The second-order valence-corrected chi connectivity index (χ2v) is 3.80. The van der Waals surface area contributed by atoms with Crippen molar-refractivity contribution in [2.24, 2.45) is 0 Å². The van der Waals surface area contributed by atoms with Gasteiger partial charge in [-0.1, -0.05) is 43.3 Å². The van der Waals surface area contributed by atoms with Crippen molar-refractivity contribution in [2.45, 2.75) is 31.1 Å². The van der Waals surface area contributed by atoms with Gasteiger partial charge in [-0.3, -0.25) is 0 Å². The van der Waals surface area contributed by atoms with Crippen LogP contribution in [-0.2, 0) is 0 Å². The van der Waals surface area contributed by atoms with Gasteiger partial charge in [-0.2, -0.15) is 0 Å². The van der Waals surface area contributed by atoms with Crippen LogP contribution in [0.1, 0.15) is 26.2 Å². The van der Waals surface area contributed by atoms with Crippen LogP contribution in [0.3, 0.4) is 0 Å². The first-order valence-electron chi connectivity index (χ1n) is 4.70. The van der Waals surface area contributed by atoms with Crippen molar-refractivity contribution in [2.75, 3.05) is 0 Å². The van der Waals surface area contributed by atoms with Gasteiger partial charge in [-0.05, 0) is 36.5 Å². The number of allylic oxidation sites excluding steroid dienone is 1. The molecule has 1 radical (unpaired) electrons. The molecule has 13 heavy (non-hydrogen) atoms. The smallest absolute Gasteiger partial charge is 0.0116 e. The Bertz CT molecular complexity index is 239. The molecule has 0 fully saturated rings. The van der Waals surface area contributed by atoms with Crippen LogP contribution < -0.4 is 0 Å². The Labute approximate surface area is 85.1 Å². The minimum Gasteiger partial charge on any atom is -0.0978 e. The summed E-state index contributed by atoms with van der Waals surface area (Å²) < 4.78 is 0. The quantitative estimate of drug-likeness (QED) is 0.494. The maximum absolute atomic E-state index is 3.27. The van der Waals surface area contributed by atoms with Crippen LogP contribution in [0.4, 0.5) is 0 Å². The largest absolute Gasteiger partial charge is 0.0978 e. The van der Waals surface area contributed by atoms with Crippen molar-refractivity contribution >= 4 is 11.8 Å².